The van der Waals surface area contributed by atoms with Crippen molar-refractivity contribution in [3.05, 3.63) is 42.6 Å². The number of anilines is 3. The molecular formula is C17H24N6. The van der Waals surface area contributed by atoms with Gasteiger partial charge < -0.3 is 14.6 Å². The highest BCUT2D eigenvalue weighted by Crippen LogP contribution is 2.23. The van der Waals surface area contributed by atoms with Crippen molar-refractivity contribution in [3.8, 4) is 0 Å². The normalized spacial score (nSPS) is 14.0. The summed E-state index contributed by atoms with van der Waals surface area (Å²) in [5, 5.41) is 3.36. The lowest BCUT2D eigenvalue weighted by molar-refractivity contribution is 0.912. The number of aromatic nitrogens is 4. The molecule has 0 aromatic carbocycles. The summed E-state index contributed by atoms with van der Waals surface area (Å²) in [6, 6.07) is 6.04. The summed E-state index contributed by atoms with van der Waals surface area (Å²) in [6.07, 6.45) is 8.18. The summed E-state index contributed by atoms with van der Waals surface area (Å²) in [5.41, 5.74) is 1.89. The van der Waals surface area contributed by atoms with E-state index in [4.69, 9.17) is 0 Å². The van der Waals surface area contributed by atoms with Crippen molar-refractivity contribution in [3.63, 3.8) is 0 Å². The second-order valence-corrected chi connectivity index (χ2v) is 5.59. The fraction of sp³-hybridized carbons (Fsp3) is 0.353. The van der Waals surface area contributed by atoms with Crippen LogP contribution >= 0.6 is 0 Å². The Morgan fingerprint density at radius 2 is 1.96 bits per heavy atom. The van der Waals surface area contributed by atoms with Gasteiger partial charge in [0.05, 0.1) is 0 Å². The Morgan fingerprint density at radius 1 is 1.13 bits per heavy atom. The number of nitrogens with zero attached hydrogens (tertiary/aromatic N) is 5. The van der Waals surface area contributed by atoms with Crippen molar-refractivity contribution in [1.82, 2.24) is 19.4 Å². The molecule has 6 heteroatoms. The molecule has 4 rings (SSSR count). The smallest absolute Gasteiger partial charge is 0.138 e. The summed E-state index contributed by atoms with van der Waals surface area (Å²) in [5.74, 6) is 2.62. The maximum absolute atomic E-state index is 4.56. The molecule has 0 bridgehead atoms. The number of nitrogens with one attached hydrogen (secondary N) is 1. The van der Waals surface area contributed by atoms with Gasteiger partial charge in [-0.05, 0) is 25.8 Å². The predicted octanol–water partition coefficient (Wildman–Crippen LogP) is 3.66. The summed E-state index contributed by atoms with van der Waals surface area (Å²) >= 11 is 0. The van der Waals surface area contributed by atoms with Crippen LogP contribution < -0.4 is 10.2 Å². The quantitative estimate of drug-likeness (QED) is 0.800. The van der Waals surface area contributed by atoms with Gasteiger partial charge in [-0.25, -0.2) is 15.0 Å². The molecule has 3 aromatic heterocycles. The fourth-order valence-corrected chi connectivity index (χ4v) is 2.86. The Morgan fingerprint density at radius 3 is 2.78 bits per heavy atom. The second-order valence-electron chi connectivity index (χ2n) is 5.59. The number of hydrogen-bond donors (Lipinski definition) is 1. The number of imidazole rings is 1. The van der Waals surface area contributed by atoms with Crippen LogP contribution in [-0.4, -0.2) is 32.4 Å². The highest BCUT2D eigenvalue weighted by atomic mass is 15.2. The number of fused-ring (bicyclic) bond motifs is 1. The minimum atomic E-state index is 0. The van der Waals surface area contributed by atoms with E-state index in [0.717, 1.165) is 41.9 Å². The van der Waals surface area contributed by atoms with Crippen LogP contribution in [0.3, 0.4) is 0 Å². The number of rotatable bonds is 3. The van der Waals surface area contributed by atoms with E-state index >= 15 is 0 Å². The lowest BCUT2D eigenvalue weighted by Crippen LogP contribution is -2.19. The van der Waals surface area contributed by atoms with Gasteiger partial charge in [0.1, 0.15) is 23.1 Å². The van der Waals surface area contributed by atoms with Gasteiger partial charge in [0.15, 0.2) is 0 Å². The van der Waals surface area contributed by atoms with Gasteiger partial charge in [0.25, 0.3) is 0 Å². The maximum Gasteiger partial charge on any atom is 0.138 e. The fourth-order valence-electron chi connectivity index (χ4n) is 2.86. The van der Waals surface area contributed by atoms with Crippen LogP contribution in [-0.2, 0) is 0 Å². The third-order valence-electron chi connectivity index (χ3n) is 3.92. The number of aryl methyl sites for hydroxylation is 1. The van der Waals surface area contributed by atoms with Crippen molar-refractivity contribution in [2.45, 2.75) is 27.2 Å². The van der Waals surface area contributed by atoms with E-state index in [2.05, 4.69) is 25.2 Å². The lowest BCUT2D eigenvalue weighted by Gasteiger charge is -2.17. The molecule has 0 saturated carbocycles. The molecule has 1 fully saturated rings. The van der Waals surface area contributed by atoms with Crippen LogP contribution in [0.5, 0.6) is 0 Å². The van der Waals surface area contributed by atoms with Gasteiger partial charge in [-0.15, -0.1) is 0 Å². The minimum absolute atomic E-state index is 0. The SMILES string of the molecule is C.Cc1nc(Nc2ccn3ccnc3c2)cc(N2CCCC2)n1.[HH]. The predicted molar refractivity (Wildman–Crippen MR) is 95.5 cm³/mol. The van der Waals surface area contributed by atoms with Crippen molar-refractivity contribution in [1.29, 1.82) is 0 Å². The van der Waals surface area contributed by atoms with Crippen LogP contribution in [0.2, 0.25) is 0 Å². The Kier molecular flexibility index (Phi) is 4.14. The van der Waals surface area contributed by atoms with E-state index in [1.165, 1.54) is 12.8 Å². The summed E-state index contributed by atoms with van der Waals surface area (Å²) in [6.45, 7) is 4.09. The Balaban J connectivity index is 0.00000104. The molecule has 23 heavy (non-hydrogen) atoms. The molecule has 3 aromatic rings. The van der Waals surface area contributed by atoms with Crippen LogP contribution in [0.15, 0.2) is 36.8 Å². The highest BCUT2D eigenvalue weighted by Gasteiger charge is 2.15. The highest BCUT2D eigenvalue weighted by molar-refractivity contribution is 5.63. The van der Waals surface area contributed by atoms with Gasteiger partial charge in [-0.3, -0.25) is 0 Å². The zero-order valence-corrected chi connectivity index (χ0v) is 12.5. The lowest BCUT2D eigenvalue weighted by atomic mass is 10.3. The number of hydrogen-bond acceptors (Lipinski definition) is 5. The molecule has 0 unspecified atom stereocenters. The van der Waals surface area contributed by atoms with Crippen molar-refractivity contribution >= 4 is 23.0 Å². The minimum Gasteiger partial charge on any atom is -0.356 e. The molecule has 1 aliphatic heterocycles. The van der Waals surface area contributed by atoms with Crippen molar-refractivity contribution in [2.24, 2.45) is 0 Å². The molecule has 6 nitrogen and oxygen atoms in total. The Bertz CT molecular complexity index is 810. The maximum atomic E-state index is 4.56. The molecule has 0 aliphatic carbocycles. The van der Waals surface area contributed by atoms with Crippen molar-refractivity contribution < 1.29 is 1.43 Å². The first kappa shape index (κ1) is 15.3. The molecule has 1 aliphatic rings. The van der Waals surface area contributed by atoms with E-state index in [0.29, 0.717) is 0 Å². The van der Waals surface area contributed by atoms with Gasteiger partial charge in [0, 0.05) is 50.9 Å². The van der Waals surface area contributed by atoms with Gasteiger partial charge in [-0.1, -0.05) is 7.43 Å². The Hall–Kier alpha value is -2.63. The molecule has 1 N–H and O–H groups in total. The summed E-state index contributed by atoms with van der Waals surface area (Å²) < 4.78 is 1.98. The molecule has 4 heterocycles. The average Bonchev–Trinajstić information content (AvgIpc) is 3.18. The molecule has 0 radical (unpaired) electrons. The zero-order valence-electron chi connectivity index (χ0n) is 12.5. The van der Waals surface area contributed by atoms with E-state index in [1.54, 1.807) is 6.20 Å². The Labute approximate surface area is 137 Å². The third kappa shape index (κ3) is 3.11. The van der Waals surface area contributed by atoms with E-state index in [-0.39, 0.29) is 8.85 Å². The molecule has 0 spiro atoms. The summed E-state index contributed by atoms with van der Waals surface area (Å²) in [7, 11) is 0. The van der Waals surface area contributed by atoms with Crippen LogP contribution in [0.4, 0.5) is 17.3 Å². The van der Waals surface area contributed by atoms with Gasteiger partial charge in [0.2, 0.25) is 0 Å². The first-order valence-corrected chi connectivity index (χ1v) is 7.58. The molecule has 0 amide bonds. The van der Waals surface area contributed by atoms with Gasteiger partial charge >= 0.3 is 0 Å². The first-order chi connectivity index (χ1) is 10.8. The molecule has 122 valence electrons. The average molecular weight is 312 g/mol. The monoisotopic (exact) mass is 312 g/mol. The van der Waals surface area contributed by atoms with E-state index in [9.17, 15) is 0 Å². The van der Waals surface area contributed by atoms with Crippen molar-refractivity contribution in [2.75, 3.05) is 23.3 Å². The second kappa shape index (κ2) is 6.24. The largest absolute Gasteiger partial charge is 0.356 e. The summed E-state index contributed by atoms with van der Waals surface area (Å²) in [4.78, 5) is 15.7. The van der Waals surface area contributed by atoms with Crippen LogP contribution in [0, 0.1) is 6.92 Å². The van der Waals surface area contributed by atoms with E-state index in [1.807, 2.05) is 41.9 Å². The standard InChI is InChI=1S/C16H18N6.CH4.H2/c1-12-18-14(11-16(19-12)21-6-2-3-7-21)20-13-4-8-22-9-5-17-15(22)10-13;;/h4-5,8-11H,2-3,6-7H2,1H3,(H,18,19,20);1H4;1H. The van der Waals surface area contributed by atoms with Crippen LogP contribution in [0.25, 0.3) is 5.65 Å². The third-order valence-corrected chi connectivity index (χ3v) is 3.92. The number of pyridine rings is 1. The van der Waals surface area contributed by atoms with E-state index < -0.39 is 0 Å². The topological polar surface area (TPSA) is 58.4 Å². The zero-order chi connectivity index (χ0) is 14.9. The molecular weight excluding hydrogens is 288 g/mol. The first-order valence-electron chi connectivity index (χ1n) is 7.58. The molecule has 0 atom stereocenters. The molecule has 1 saturated heterocycles. The van der Waals surface area contributed by atoms with Crippen LogP contribution in [0.1, 0.15) is 27.5 Å². The van der Waals surface area contributed by atoms with Gasteiger partial charge in [-0.2, -0.15) is 0 Å².